The Bertz CT molecular complexity index is 439. The van der Waals surface area contributed by atoms with Crippen LogP contribution in [0.2, 0.25) is 5.02 Å². The Balaban J connectivity index is 2.90. The van der Waals surface area contributed by atoms with Gasteiger partial charge in [-0.2, -0.15) is 0 Å². The topological polar surface area (TPSA) is 55.5 Å². The molecule has 0 spiro atoms. The molecule has 1 unspecified atom stereocenters. The lowest BCUT2D eigenvalue weighted by Crippen LogP contribution is -2.17. The highest BCUT2D eigenvalue weighted by molar-refractivity contribution is 7.92. The molecule has 15 heavy (non-hydrogen) atoms. The van der Waals surface area contributed by atoms with Gasteiger partial charge in [-0.05, 0) is 17.7 Å². The van der Waals surface area contributed by atoms with E-state index in [1.54, 1.807) is 13.1 Å². The maximum absolute atomic E-state index is 12.1. The van der Waals surface area contributed by atoms with E-state index < -0.39 is 9.73 Å². The van der Waals surface area contributed by atoms with Crippen LogP contribution in [0.3, 0.4) is 0 Å². The van der Waals surface area contributed by atoms with Crippen LogP contribution in [0.1, 0.15) is 5.56 Å². The highest BCUT2D eigenvalue weighted by Crippen LogP contribution is 2.14. The fourth-order valence-corrected chi connectivity index (χ4v) is 3.04. The first-order chi connectivity index (χ1) is 7.09. The van der Waals surface area contributed by atoms with E-state index in [1.165, 1.54) is 0 Å². The van der Waals surface area contributed by atoms with Gasteiger partial charge in [0.25, 0.3) is 0 Å². The molecule has 0 fully saturated rings. The van der Waals surface area contributed by atoms with Crippen LogP contribution in [-0.2, 0) is 15.5 Å². The zero-order valence-electron chi connectivity index (χ0n) is 8.65. The maximum Gasteiger partial charge on any atom is 0.0569 e. The van der Waals surface area contributed by atoms with Gasteiger partial charge in [0.05, 0.1) is 15.5 Å². The summed E-state index contributed by atoms with van der Waals surface area (Å²) in [6, 6.07) is 7.34. The molecule has 3 nitrogen and oxygen atoms in total. The molecule has 1 aromatic carbocycles. The van der Waals surface area contributed by atoms with Crippen molar-refractivity contribution in [3.63, 3.8) is 0 Å². The molecule has 0 radical (unpaired) electrons. The molecule has 0 heterocycles. The third-order valence-corrected chi connectivity index (χ3v) is 4.61. The summed E-state index contributed by atoms with van der Waals surface area (Å²) in [6.07, 6.45) is 0. The van der Waals surface area contributed by atoms with Gasteiger partial charge < -0.3 is 5.73 Å². The Morgan fingerprint density at radius 1 is 1.53 bits per heavy atom. The fraction of sp³-hybridized carbons (Fsp3) is 0.400. The van der Waals surface area contributed by atoms with E-state index >= 15 is 0 Å². The molecule has 0 amide bonds. The molecule has 0 bridgehead atoms. The number of rotatable bonds is 4. The zero-order valence-corrected chi connectivity index (χ0v) is 10.2. The second-order valence-corrected chi connectivity index (χ2v) is 6.27. The van der Waals surface area contributed by atoms with Gasteiger partial charge in [0.15, 0.2) is 0 Å². The normalized spacial score (nSPS) is 14.6. The smallest absolute Gasteiger partial charge is 0.0569 e. The van der Waals surface area contributed by atoms with Crippen molar-refractivity contribution >= 4 is 21.3 Å². The number of nitrogens with zero attached hydrogens (tertiary/aromatic N) is 1. The second kappa shape index (κ2) is 5.49. The van der Waals surface area contributed by atoms with Crippen LogP contribution in [0, 0.1) is 0 Å². The molecule has 0 aromatic heterocycles. The summed E-state index contributed by atoms with van der Waals surface area (Å²) in [4.78, 5) is 0. The largest absolute Gasteiger partial charge is 0.330 e. The predicted octanol–water partition coefficient (Wildman–Crippen LogP) is 1.90. The minimum Gasteiger partial charge on any atom is -0.330 e. The summed E-state index contributed by atoms with van der Waals surface area (Å²) < 4.78 is 16.1. The molecule has 84 valence electrons. The highest BCUT2D eigenvalue weighted by Gasteiger charge is 2.08. The molecule has 5 heteroatoms. The van der Waals surface area contributed by atoms with E-state index in [1.807, 2.05) is 18.2 Å². The minimum absolute atomic E-state index is 0.386. The van der Waals surface area contributed by atoms with Gasteiger partial charge in [-0.15, -0.1) is 0 Å². The van der Waals surface area contributed by atoms with E-state index in [2.05, 4.69) is 4.36 Å². The van der Waals surface area contributed by atoms with Crippen molar-refractivity contribution in [1.29, 1.82) is 0 Å². The third kappa shape index (κ3) is 3.81. The first kappa shape index (κ1) is 12.5. The number of hydrogen-bond donors (Lipinski definition) is 1. The van der Waals surface area contributed by atoms with Gasteiger partial charge in [-0.3, -0.25) is 0 Å². The quantitative estimate of drug-likeness (QED) is 0.882. The first-order valence-corrected chi connectivity index (χ1v) is 6.88. The van der Waals surface area contributed by atoms with Crippen molar-refractivity contribution in [3.8, 4) is 0 Å². The maximum atomic E-state index is 12.1. The number of halogens is 1. The molecular weight excluding hydrogens is 232 g/mol. The summed E-state index contributed by atoms with van der Waals surface area (Å²) >= 11 is 5.85. The average molecular weight is 247 g/mol. The minimum atomic E-state index is -2.21. The van der Waals surface area contributed by atoms with Crippen molar-refractivity contribution < 1.29 is 4.21 Å². The molecule has 2 N–H and O–H groups in total. The van der Waals surface area contributed by atoms with Crippen LogP contribution >= 0.6 is 11.6 Å². The third-order valence-electron chi connectivity index (χ3n) is 2.05. The number of nitrogens with two attached hydrogens (primary N) is 1. The molecule has 0 aliphatic carbocycles. The SMILES string of the molecule is CN=S(=O)(CCN)Cc1cccc(Cl)c1. The van der Waals surface area contributed by atoms with Crippen molar-refractivity contribution in [1.82, 2.24) is 0 Å². The number of hydrogen-bond acceptors (Lipinski definition) is 3. The van der Waals surface area contributed by atoms with Gasteiger partial charge >= 0.3 is 0 Å². The molecule has 0 saturated carbocycles. The second-order valence-electron chi connectivity index (χ2n) is 3.22. The van der Waals surface area contributed by atoms with E-state index in [-0.39, 0.29) is 0 Å². The van der Waals surface area contributed by atoms with E-state index in [4.69, 9.17) is 17.3 Å². The van der Waals surface area contributed by atoms with E-state index in [0.29, 0.717) is 23.1 Å². The Hall–Kier alpha value is -0.580. The Morgan fingerprint density at radius 3 is 2.80 bits per heavy atom. The van der Waals surface area contributed by atoms with Crippen LogP contribution in [0.4, 0.5) is 0 Å². The first-order valence-electron chi connectivity index (χ1n) is 4.65. The Labute approximate surface area is 95.8 Å². The van der Waals surface area contributed by atoms with Crippen LogP contribution < -0.4 is 5.73 Å². The van der Waals surface area contributed by atoms with Gasteiger partial charge in [0.2, 0.25) is 0 Å². The predicted molar refractivity (Wildman–Crippen MR) is 65.6 cm³/mol. The van der Waals surface area contributed by atoms with Crippen LogP contribution in [0.15, 0.2) is 28.6 Å². The molecule has 1 atom stereocenters. The Kier molecular flexibility index (Phi) is 4.57. The summed E-state index contributed by atoms with van der Waals surface area (Å²) in [5.41, 5.74) is 6.35. The van der Waals surface area contributed by atoms with Gasteiger partial charge in [0.1, 0.15) is 0 Å². The van der Waals surface area contributed by atoms with Crippen molar-refractivity contribution in [2.24, 2.45) is 10.1 Å². The fourth-order valence-electron chi connectivity index (χ4n) is 1.30. The number of benzene rings is 1. The lowest BCUT2D eigenvalue weighted by molar-refractivity contribution is 0.675. The summed E-state index contributed by atoms with van der Waals surface area (Å²) in [7, 11) is -0.634. The molecule has 1 rings (SSSR count). The van der Waals surface area contributed by atoms with E-state index in [9.17, 15) is 4.21 Å². The molecule has 1 aromatic rings. The van der Waals surface area contributed by atoms with Crippen LogP contribution in [0.25, 0.3) is 0 Å². The van der Waals surface area contributed by atoms with Crippen LogP contribution in [-0.4, -0.2) is 23.6 Å². The molecule has 0 saturated heterocycles. The molecule has 0 aliphatic heterocycles. The van der Waals surface area contributed by atoms with Gasteiger partial charge in [-0.25, -0.2) is 8.57 Å². The average Bonchev–Trinajstić information content (AvgIpc) is 2.18. The zero-order chi connectivity index (χ0) is 11.3. The van der Waals surface area contributed by atoms with Crippen LogP contribution in [0.5, 0.6) is 0 Å². The monoisotopic (exact) mass is 246 g/mol. The molecule has 0 aliphatic rings. The van der Waals surface area contributed by atoms with Crippen molar-refractivity contribution in [2.75, 3.05) is 19.3 Å². The summed E-state index contributed by atoms with van der Waals surface area (Å²) in [5, 5.41) is 0.651. The summed E-state index contributed by atoms with van der Waals surface area (Å²) in [5.74, 6) is 0.845. The lowest BCUT2D eigenvalue weighted by Gasteiger charge is -2.08. The standard InChI is InChI=1S/C10H15ClN2OS/c1-13-15(14,6-5-12)8-9-3-2-4-10(11)7-9/h2-4,7H,5-6,8,12H2,1H3. The van der Waals surface area contributed by atoms with E-state index in [0.717, 1.165) is 5.56 Å². The van der Waals surface area contributed by atoms with Gasteiger partial charge in [-0.1, -0.05) is 23.7 Å². The van der Waals surface area contributed by atoms with Crippen molar-refractivity contribution in [2.45, 2.75) is 5.75 Å². The van der Waals surface area contributed by atoms with Crippen molar-refractivity contribution in [3.05, 3.63) is 34.9 Å². The Morgan fingerprint density at radius 2 is 2.27 bits per heavy atom. The van der Waals surface area contributed by atoms with Gasteiger partial charge in [0, 0.05) is 24.4 Å². The summed E-state index contributed by atoms with van der Waals surface area (Å²) in [6.45, 7) is 0.386. The molecular formula is C10H15ClN2OS. The lowest BCUT2D eigenvalue weighted by atomic mass is 10.2. The highest BCUT2D eigenvalue weighted by atomic mass is 35.5.